The molecule has 5 nitrogen and oxygen atoms in total. The highest BCUT2D eigenvalue weighted by molar-refractivity contribution is 7.89. The molecule has 1 aromatic carbocycles. The third-order valence-corrected chi connectivity index (χ3v) is 5.21. The maximum atomic E-state index is 12.1. The van der Waals surface area contributed by atoms with Gasteiger partial charge in [0.05, 0.1) is 17.1 Å². The van der Waals surface area contributed by atoms with Gasteiger partial charge in [-0.2, -0.15) is 5.10 Å². The van der Waals surface area contributed by atoms with Crippen LogP contribution in [0, 0.1) is 20.8 Å². The molecule has 0 spiro atoms. The van der Waals surface area contributed by atoms with Crippen LogP contribution in [-0.2, 0) is 16.6 Å². The van der Waals surface area contributed by atoms with Crippen molar-refractivity contribution in [1.82, 2.24) is 14.5 Å². The van der Waals surface area contributed by atoms with Crippen LogP contribution in [0.3, 0.4) is 0 Å². The summed E-state index contributed by atoms with van der Waals surface area (Å²) in [7, 11) is -3.51. The minimum Gasteiger partial charge on any atom is -0.268 e. The predicted octanol–water partition coefficient (Wildman–Crippen LogP) is 2.44. The largest absolute Gasteiger partial charge is 0.268 e. The molecular weight excluding hydrogens is 310 g/mol. The number of sulfonamides is 1. The zero-order valence-electron chi connectivity index (χ0n) is 12.2. The van der Waals surface area contributed by atoms with Crippen LogP contribution >= 0.6 is 11.6 Å². The van der Waals surface area contributed by atoms with E-state index in [-0.39, 0.29) is 11.4 Å². The zero-order chi connectivity index (χ0) is 15.6. The fourth-order valence-corrected chi connectivity index (χ4v) is 3.13. The van der Waals surface area contributed by atoms with Gasteiger partial charge in [-0.25, -0.2) is 13.1 Å². The van der Waals surface area contributed by atoms with Crippen LogP contribution < -0.4 is 4.72 Å². The molecule has 114 valence electrons. The maximum absolute atomic E-state index is 12.1. The first-order valence-electron chi connectivity index (χ1n) is 6.57. The van der Waals surface area contributed by atoms with E-state index >= 15 is 0 Å². The number of halogens is 1. The van der Waals surface area contributed by atoms with Crippen molar-refractivity contribution in [2.24, 2.45) is 0 Å². The van der Waals surface area contributed by atoms with Gasteiger partial charge in [0.15, 0.2) is 0 Å². The van der Waals surface area contributed by atoms with Crippen molar-refractivity contribution in [3.8, 4) is 0 Å². The molecule has 2 rings (SSSR count). The predicted molar refractivity (Wildman–Crippen MR) is 83.1 cm³/mol. The Morgan fingerprint density at radius 1 is 1.19 bits per heavy atom. The van der Waals surface area contributed by atoms with Gasteiger partial charge in [-0.3, -0.25) is 4.68 Å². The summed E-state index contributed by atoms with van der Waals surface area (Å²) in [5.74, 6) is 0. The van der Waals surface area contributed by atoms with Crippen LogP contribution in [0.1, 0.15) is 17.0 Å². The van der Waals surface area contributed by atoms with E-state index in [1.54, 1.807) is 12.1 Å². The van der Waals surface area contributed by atoms with Crippen LogP contribution in [-0.4, -0.2) is 24.7 Å². The molecule has 0 saturated heterocycles. The molecular formula is C14H18ClN3O2S. The molecule has 0 atom stereocenters. The Balaban J connectivity index is 2.02. The van der Waals surface area contributed by atoms with E-state index in [0.717, 1.165) is 17.0 Å². The minimum absolute atomic E-state index is 0.205. The topological polar surface area (TPSA) is 64.0 Å². The number of nitrogens with one attached hydrogen (secondary N) is 1. The first-order chi connectivity index (χ1) is 9.81. The second-order valence-corrected chi connectivity index (χ2v) is 7.07. The standard InChI is InChI=1S/C14H18ClN3O2S/c1-10-11(2)17-18(12(10)3)9-8-16-21(19,20)14-6-4-13(15)5-7-14/h4-7,16H,8-9H2,1-3H3. The summed E-state index contributed by atoms with van der Waals surface area (Å²) in [4.78, 5) is 0.205. The molecule has 0 unspecified atom stereocenters. The number of hydrogen-bond donors (Lipinski definition) is 1. The Hall–Kier alpha value is -1.37. The molecule has 0 fully saturated rings. The summed E-state index contributed by atoms with van der Waals surface area (Å²) in [6.07, 6.45) is 0. The Morgan fingerprint density at radius 2 is 1.81 bits per heavy atom. The van der Waals surface area contributed by atoms with E-state index in [0.29, 0.717) is 11.6 Å². The molecule has 0 aliphatic rings. The number of nitrogens with zero attached hydrogens (tertiary/aromatic N) is 2. The molecule has 2 aromatic rings. The van der Waals surface area contributed by atoms with Crippen LogP contribution in [0.15, 0.2) is 29.2 Å². The van der Waals surface area contributed by atoms with Crippen molar-refractivity contribution >= 4 is 21.6 Å². The zero-order valence-corrected chi connectivity index (χ0v) is 13.8. The molecule has 0 bridgehead atoms. The summed E-state index contributed by atoms with van der Waals surface area (Å²) >= 11 is 5.75. The molecule has 0 saturated carbocycles. The lowest BCUT2D eigenvalue weighted by Gasteiger charge is -2.08. The molecule has 0 radical (unpaired) electrons. The number of aryl methyl sites for hydroxylation is 1. The fourth-order valence-electron chi connectivity index (χ4n) is 1.99. The first-order valence-corrected chi connectivity index (χ1v) is 8.43. The average Bonchev–Trinajstić information content (AvgIpc) is 2.67. The molecule has 1 N–H and O–H groups in total. The van der Waals surface area contributed by atoms with Crippen molar-refractivity contribution < 1.29 is 8.42 Å². The van der Waals surface area contributed by atoms with Gasteiger partial charge in [-0.05, 0) is 50.6 Å². The summed E-state index contributed by atoms with van der Waals surface area (Å²) < 4.78 is 28.6. The molecule has 0 amide bonds. The SMILES string of the molecule is Cc1nn(CCNS(=O)(=O)c2ccc(Cl)cc2)c(C)c1C. The van der Waals surface area contributed by atoms with Crippen molar-refractivity contribution in [3.05, 3.63) is 46.2 Å². The lowest BCUT2D eigenvalue weighted by molar-refractivity contribution is 0.554. The highest BCUT2D eigenvalue weighted by atomic mass is 35.5. The van der Waals surface area contributed by atoms with Crippen molar-refractivity contribution in [1.29, 1.82) is 0 Å². The normalized spacial score (nSPS) is 11.8. The number of aromatic nitrogens is 2. The molecule has 1 heterocycles. The van der Waals surface area contributed by atoms with Crippen molar-refractivity contribution in [3.63, 3.8) is 0 Å². The van der Waals surface area contributed by atoms with Gasteiger partial charge < -0.3 is 0 Å². The highest BCUT2D eigenvalue weighted by Gasteiger charge is 2.14. The van der Waals surface area contributed by atoms with Gasteiger partial charge in [0, 0.05) is 17.3 Å². The lowest BCUT2D eigenvalue weighted by Crippen LogP contribution is -2.28. The van der Waals surface area contributed by atoms with Crippen LogP contribution in [0.5, 0.6) is 0 Å². The second-order valence-electron chi connectivity index (χ2n) is 4.87. The first kappa shape index (κ1) is 16.0. The average molecular weight is 328 g/mol. The summed E-state index contributed by atoms with van der Waals surface area (Å²) in [6.45, 7) is 6.70. The molecule has 0 aliphatic carbocycles. The van der Waals surface area contributed by atoms with Crippen molar-refractivity contribution in [2.75, 3.05) is 6.54 Å². The van der Waals surface area contributed by atoms with Gasteiger partial charge in [-0.1, -0.05) is 11.6 Å². The third kappa shape index (κ3) is 3.64. The minimum atomic E-state index is -3.51. The Morgan fingerprint density at radius 3 is 2.33 bits per heavy atom. The van der Waals surface area contributed by atoms with Crippen molar-refractivity contribution in [2.45, 2.75) is 32.2 Å². The Kier molecular flexibility index (Phi) is 4.70. The molecule has 21 heavy (non-hydrogen) atoms. The van der Waals surface area contributed by atoms with Crippen LogP contribution in [0.4, 0.5) is 0 Å². The van der Waals surface area contributed by atoms with E-state index in [2.05, 4.69) is 9.82 Å². The summed E-state index contributed by atoms with van der Waals surface area (Å²) in [5, 5.41) is 4.88. The molecule has 0 aliphatic heterocycles. The van der Waals surface area contributed by atoms with E-state index in [1.165, 1.54) is 12.1 Å². The Labute approximate surface area is 130 Å². The Bertz CT molecular complexity index is 736. The van der Waals surface area contributed by atoms with Gasteiger partial charge >= 0.3 is 0 Å². The van der Waals surface area contributed by atoms with E-state index in [9.17, 15) is 8.42 Å². The van der Waals surface area contributed by atoms with Gasteiger partial charge in [0.25, 0.3) is 0 Å². The van der Waals surface area contributed by atoms with Crippen LogP contribution in [0.2, 0.25) is 5.02 Å². The monoisotopic (exact) mass is 327 g/mol. The fraction of sp³-hybridized carbons (Fsp3) is 0.357. The van der Waals surface area contributed by atoms with E-state index in [4.69, 9.17) is 11.6 Å². The van der Waals surface area contributed by atoms with Gasteiger partial charge in [0.1, 0.15) is 0 Å². The second kappa shape index (κ2) is 6.17. The van der Waals surface area contributed by atoms with Gasteiger partial charge in [0.2, 0.25) is 10.0 Å². The number of benzene rings is 1. The molecule has 7 heteroatoms. The van der Waals surface area contributed by atoms with Crippen LogP contribution in [0.25, 0.3) is 0 Å². The lowest BCUT2D eigenvalue weighted by atomic mass is 10.2. The number of rotatable bonds is 5. The highest BCUT2D eigenvalue weighted by Crippen LogP contribution is 2.14. The van der Waals surface area contributed by atoms with E-state index in [1.807, 2.05) is 25.5 Å². The summed E-state index contributed by atoms with van der Waals surface area (Å²) in [6, 6.07) is 6.08. The third-order valence-electron chi connectivity index (χ3n) is 3.48. The van der Waals surface area contributed by atoms with Gasteiger partial charge in [-0.15, -0.1) is 0 Å². The quantitative estimate of drug-likeness (QED) is 0.917. The number of hydrogen-bond acceptors (Lipinski definition) is 3. The smallest absolute Gasteiger partial charge is 0.240 e. The van der Waals surface area contributed by atoms with E-state index < -0.39 is 10.0 Å². The molecule has 1 aromatic heterocycles. The summed E-state index contributed by atoms with van der Waals surface area (Å²) in [5.41, 5.74) is 3.15. The maximum Gasteiger partial charge on any atom is 0.240 e.